The molecule has 0 spiro atoms. The summed E-state index contributed by atoms with van der Waals surface area (Å²) in [6, 6.07) is 11.7. The second kappa shape index (κ2) is 7.47. The highest BCUT2D eigenvalue weighted by Gasteiger charge is 2.23. The molecule has 0 atom stereocenters. The molecule has 132 valence electrons. The Kier molecular flexibility index (Phi) is 5.12. The topological polar surface area (TPSA) is 48.0 Å². The predicted molar refractivity (Wildman–Crippen MR) is 96.9 cm³/mol. The van der Waals surface area contributed by atoms with E-state index in [0.29, 0.717) is 37.5 Å². The van der Waals surface area contributed by atoms with Crippen LogP contribution in [0.4, 0.5) is 5.69 Å². The molecule has 0 radical (unpaired) electrons. The number of rotatable bonds is 5. The van der Waals surface area contributed by atoms with Crippen molar-refractivity contribution in [3.8, 4) is 17.2 Å². The molecule has 5 heteroatoms. The first-order valence-corrected chi connectivity index (χ1v) is 8.37. The van der Waals surface area contributed by atoms with Gasteiger partial charge in [0.1, 0.15) is 12.4 Å². The van der Waals surface area contributed by atoms with E-state index in [0.717, 1.165) is 22.6 Å². The van der Waals surface area contributed by atoms with Gasteiger partial charge in [-0.15, -0.1) is 0 Å². The molecule has 25 heavy (non-hydrogen) atoms. The first-order valence-electron chi connectivity index (χ1n) is 8.37. The number of amides is 1. The highest BCUT2D eigenvalue weighted by Crippen LogP contribution is 2.33. The average molecular weight is 341 g/mol. The van der Waals surface area contributed by atoms with Crippen LogP contribution < -0.4 is 19.1 Å². The molecule has 0 fully saturated rings. The first-order chi connectivity index (χ1) is 12.1. The van der Waals surface area contributed by atoms with Gasteiger partial charge in [-0.2, -0.15) is 0 Å². The third kappa shape index (κ3) is 3.71. The van der Waals surface area contributed by atoms with E-state index in [1.807, 2.05) is 48.2 Å². The molecule has 1 amide bonds. The van der Waals surface area contributed by atoms with Crippen LogP contribution in [0, 0.1) is 6.92 Å². The summed E-state index contributed by atoms with van der Waals surface area (Å²) in [7, 11) is 3.22. The van der Waals surface area contributed by atoms with Crippen molar-refractivity contribution >= 4 is 11.6 Å². The fourth-order valence-corrected chi connectivity index (χ4v) is 3.01. The molecule has 2 aromatic rings. The van der Waals surface area contributed by atoms with Crippen LogP contribution in [0.3, 0.4) is 0 Å². The normalized spacial score (nSPS) is 13.0. The average Bonchev–Trinajstić information content (AvgIpc) is 2.65. The van der Waals surface area contributed by atoms with E-state index in [1.54, 1.807) is 14.2 Å². The molecule has 5 nitrogen and oxygen atoms in total. The lowest BCUT2D eigenvalue weighted by atomic mass is 10.1. The summed E-state index contributed by atoms with van der Waals surface area (Å²) in [5.74, 6) is 2.25. The van der Waals surface area contributed by atoms with Gasteiger partial charge in [0.05, 0.1) is 26.5 Å². The maximum atomic E-state index is 12.7. The number of benzene rings is 2. The minimum Gasteiger partial charge on any atom is -0.493 e. The molecular formula is C20H23NO4. The first kappa shape index (κ1) is 17.1. The van der Waals surface area contributed by atoms with Gasteiger partial charge >= 0.3 is 0 Å². The van der Waals surface area contributed by atoms with Crippen LogP contribution in [0.5, 0.6) is 17.2 Å². The molecule has 0 N–H and O–H groups in total. The summed E-state index contributed by atoms with van der Waals surface area (Å²) in [6.45, 7) is 3.13. The number of anilines is 1. The number of carbonyl (C=O) groups is 1. The lowest BCUT2D eigenvalue weighted by molar-refractivity contribution is -0.118. The fourth-order valence-electron chi connectivity index (χ4n) is 3.01. The van der Waals surface area contributed by atoms with Crippen LogP contribution in [0.2, 0.25) is 0 Å². The van der Waals surface area contributed by atoms with Crippen LogP contribution >= 0.6 is 0 Å². The molecule has 1 aliphatic heterocycles. The predicted octanol–water partition coefficient (Wildman–Crippen LogP) is 3.37. The van der Waals surface area contributed by atoms with Gasteiger partial charge in [-0.3, -0.25) is 4.79 Å². The molecule has 2 aromatic carbocycles. The Morgan fingerprint density at radius 3 is 2.68 bits per heavy atom. The lowest BCUT2D eigenvalue weighted by Gasteiger charge is -2.30. The number of ether oxygens (including phenoxy) is 3. The van der Waals surface area contributed by atoms with Crippen molar-refractivity contribution in [2.24, 2.45) is 0 Å². The molecule has 0 bridgehead atoms. The maximum Gasteiger partial charge on any atom is 0.227 e. The van der Waals surface area contributed by atoms with Gasteiger partial charge in [-0.1, -0.05) is 12.1 Å². The SMILES string of the molecule is COc1ccc(CCC(=O)N2CCOc3ccc(C)cc32)cc1OC. The lowest BCUT2D eigenvalue weighted by Crippen LogP contribution is -2.38. The number of nitrogens with zero attached hydrogens (tertiary/aromatic N) is 1. The minimum absolute atomic E-state index is 0.102. The highest BCUT2D eigenvalue weighted by atomic mass is 16.5. The number of carbonyl (C=O) groups excluding carboxylic acids is 1. The summed E-state index contributed by atoms with van der Waals surface area (Å²) >= 11 is 0. The van der Waals surface area contributed by atoms with E-state index in [-0.39, 0.29) is 5.91 Å². The van der Waals surface area contributed by atoms with Crippen molar-refractivity contribution in [3.63, 3.8) is 0 Å². The maximum absolute atomic E-state index is 12.7. The van der Waals surface area contributed by atoms with Crippen LogP contribution in [0.1, 0.15) is 17.5 Å². The Bertz CT molecular complexity index is 772. The highest BCUT2D eigenvalue weighted by molar-refractivity contribution is 5.95. The van der Waals surface area contributed by atoms with Crippen LogP contribution in [-0.2, 0) is 11.2 Å². The molecule has 1 aliphatic rings. The second-order valence-corrected chi connectivity index (χ2v) is 6.05. The number of methoxy groups -OCH3 is 2. The summed E-state index contributed by atoms with van der Waals surface area (Å²) in [5.41, 5.74) is 3.02. The standard InChI is InChI=1S/C20H23NO4/c1-14-4-7-17-16(12-14)21(10-11-25-17)20(22)9-6-15-5-8-18(23-2)19(13-15)24-3/h4-5,7-8,12-13H,6,9-11H2,1-3H3. The van der Waals surface area contributed by atoms with Crippen molar-refractivity contribution in [2.45, 2.75) is 19.8 Å². The zero-order chi connectivity index (χ0) is 17.8. The van der Waals surface area contributed by atoms with Crippen molar-refractivity contribution in [3.05, 3.63) is 47.5 Å². The smallest absolute Gasteiger partial charge is 0.227 e. The molecule has 0 saturated carbocycles. The number of hydrogen-bond donors (Lipinski definition) is 0. The van der Waals surface area contributed by atoms with Crippen LogP contribution in [0.25, 0.3) is 0 Å². The Labute approximate surface area is 148 Å². The summed E-state index contributed by atoms with van der Waals surface area (Å²) in [6.07, 6.45) is 1.08. The molecule has 1 heterocycles. The molecule has 0 aliphatic carbocycles. The van der Waals surface area contributed by atoms with Gasteiger partial charge in [0, 0.05) is 6.42 Å². The van der Waals surface area contributed by atoms with Crippen molar-refractivity contribution in [2.75, 3.05) is 32.3 Å². The zero-order valence-corrected chi connectivity index (χ0v) is 14.9. The van der Waals surface area contributed by atoms with E-state index in [2.05, 4.69) is 0 Å². The van der Waals surface area contributed by atoms with Crippen molar-refractivity contribution < 1.29 is 19.0 Å². The zero-order valence-electron chi connectivity index (χ0n) is 14.9. The fraction of sp³-hybridized carbons (Fsp3) is 0.350. The Hall–Kier alpha value is -2.69. The van der Waals surface area contributed by atoms with E-state index < -0.39 is 0 Å². The molecular weight excluding hydrogens is 318 g/mol. The summed E-state index contributed by atoms with van der Waals surface area (Å²) < 4.78 is 16.2. The van der Waals surface area contributed by atoms with E-state index in [1.165, 1.54) is 0 Å². The van der Waals surface area contributed by atoms with Gasteiger partial charge in [0.2, 0.25) is 5.91 Å². The van der Waals surface area contributed by atoms with Gasteiger partial charge in [-0.05, 0) is 48.7 Å². The second-order valence-electron chi connectivity index (χ2n) is 6.05. The molecule has 0 aromatic heterocycles. The minimum atomic E-state index is 0.102. The van der Waals surface area contributed by atoms with E-state index in [4.69, 9.17) is 14.2 Å². The van der Waals surface area contributed by atoms with Crippen LogP contribution in [-0.4, -0.2) is 33.3 Å². The Morgan fingerprint density at radius 1 is 1.12 bits per heavy atom. The molecule has 0 saturated heterocycles. The third-order valence-electron chi connectivity index (χ3n) is 4.35. The van der Waals surface area contributed by atoms with E-state index in [9.17, 15) is 4.79 Å². The van der Waals surface area contributed by atoms with Gasteiger partial charge in [0.25, 0.3) is 0 Å². The molecule has 3 rings (SSSR count). The van der Waals surface area contributed by atoms with Gasteiger partial charge < -0.3 is 19.1 Å². The number of fused-ring (bicyclic) bond motifs is 1. The van der Waals surface area contributed by atoms with Crippen molar-refractivity contribution in [1.82, 2.24) is 0 Å². The number of hydrogen-bond acceptors (Lipinski definition) is 4. The van der Waals surface area contributed by atoms with Gasteiger partial charge in [-0.25, -0.2) is 0 Å². The summed E-state index contributed by atoms with van der Waals surface area (Å²) in [4.78, 5) is 14.6. The summed E-state index contributed by atoms with van der Waals surface area (Å²) in [5, 5.41) is 0. The quantitative estimate of drug-likeness (QED) is 0.837. The van der Waals surface area contributed by atoms with Crippen molar-refractivity contribution in [1.29, 1.82) is 0 Å². The Morgan fingerprint density at radius 2 is 1.92 bits per heavy atom. The monoisotopic (exact) mass is 341 g/mol. The third-order valence-corrected chi connectivity index (χ3v) is 4.35. The number of aryl methyl sites for hydroxylation is 2. The van der Waals surface area contributed by atoms with Crippen LogP contribution in [0.15, 0.2) is 36.4 Å². The van der Waals surface area contributed by atoms with E-state index >= 15 is 0 Å². The largest absolute Gasteiger partial charge is 0.493 e. The Balaban J connectivity index is 1.71. The molecule has 0 unspecified atom stereocenters. The van der Waals surface area contributed by atoms with Gasteiger partial charge in [0.15, 0.2) is 11.5 Å².